The van der Waals surface area contributed by atoms with Gasteiger partial charge in [-0.05, 0) is 72.4 Å². The van der Waals surface area contributed by atoms with Crippen LogP contribution in [0.5, 0.6) is 0 Å². The Bertz CT molecular complexity index is 1200. The molecule has 212 valence electrons. The molecule has 0 aliphatic carbocycles. The summed E-state index contributed by atoms with van der Waals surface area (Å²) in [6.07, 6.45) is 7.66. The maximum Gasteiger partial charge on any atom is 0.333 e. The second kappa shape index (κ2) is 15.0. The smallest absolute Gasteiger partial charge is 0.333 e. The highest BCUT2D eigenvalue weighted by Gasteiger charge is 2.24. The molecule has 1 heterocycles. The van der Waals surface area contributed by atoms with Gasteiger partial charge in [-0.2, -0.15) is 0 Å². The fourth-order valence-corrected chi connectivity index (χ4v) is 5.45. The Hall–Kier alpha value is -3.21. The molecule has 4 heteroatoms. The molecule has 40 heavy (non-hydrogen) atoms. The number of ether oxygens (including phenoxy) is 2. The first-order valence-corrected chi connectivity index (χ1v) is 14.8. The van der Waals surface area contributed by atoms with Crippen molar-refractivity contribution in [3.63, 3.8) is 0 Å². The number of benzene rings is 3. The Balaban J connectivity index is 1.30. The molecular weight excluding hydrogens is 496 g/mol. The average molecular weight is 541 g/mol. The quantitative estimate of drug-likeness (QED) is 0.135. The van der Waals surface area contributed by atoms with Crippen LogP contribution >= 0.6 is 0 Å². The van der Waals surface area contributed by atoms with Crippen LogP contribution in [0.15, 0.2) is 84.9 Å². The fourth-order valence-electron chi connectivity index (χ4n) is 5.45. The van der Waals surface area contributed by atoms with Gasteiger partial charge < -0.3 is 14.6 Å². The predicted octanol–water partition coefficient (Wildman–Crippen LogP) is 8.31. The first-order valence-electron chi connectivity index (χ1n) is 14.8. The Labute approximate surface area is 240 Å². The number of esters is 1. The minimum Gasteiger partial charge on any atom is -0.462 e. The molecule has 1 aliphatic heterocycles. The molecule has 0 amide bonds. The second-order valence-electron chi connectivity index (χ2n) is 11.1. The summed E-state index contributed by atoms with van der Waals surface area (Å²) in [7, 11) is 0. The summed E-state index contributed by atoms with van der Waals surface area (Å²) < 4.78 is 11.7. The molecule has 1 saturated heterocycles. The van der Waals surface area contributed by atoms with Crippen LogP contribution < -0.4 is 0 Å². The third-order valence-corrected chi connectivity index (χ3v) is 8.04. The van der Waals surface area contributed by atoms with Gasteiger partial charge in [-0.1, -0.05) is 99.1 Å². The number of aryl methyl sites for hydroxylation is 1. The molecule has 0 radical (unpaired) electrons. The number of rotatable bonds is 13. The van der Waals surface area contributed by atoms with Crippen LogP contribution in [0.1, 0.15) is 92.6 Å². The number of aliphatic hydroxyl groups excluding tert-OH is 1. The van der Waals surface area contributed by atoms with Crippen molar-refractivity contribution in [2.75, 3.05) is 19.8 Å². The first kappa shape index (κ1) is 29.8. The molecule has 4 rings (SSSR count). The van der Waals surface area contributed by atoms with Gasteiger partial charge in [0.15, 0.2) is 0 Å². The van der Waals surface area contributed by atoms with Crippen molar-refractivity contribution >= 4 is 5.97 Å². The van der Waals surface area contributed by atoms with Gasteiger partial charge in [-0.25, -0.2) is 4.79 Å². The number of unbranched alkanes of at least 4 members (excludes halogenated alkanes) is 2. The highest BCUT2D eigenvalue weighted by molar-refractivity contribution is 5.86. The molecule has 0 bridgehead atoms. The Morgan fingerprint density at radius 3 is 2.17 bits per heavy atom. The van der Waals surface area contributed by atoms with Crippen molar-refractivity contribution in [2.24, 2.45) is 0 Å². The van der Waals surface area contributed by atoms with Gasteiger partial charge in [0.05, 0.1) is 19.3 Å². The van der Waals surface area contributed by atoms with E-state index in [9.17, 15) is 9.90 Å². The lowest BCUT2D eigenvalue weighted by Crippen LogP contribution is -2.19. The molecule has 1 aliphatic rings. The molecule has 1 N–H and O–H groups in total. The van der Waals surface area contributed by atoms with E-state index in [0.717, 1.165) is 30.4 Å². The Morgan fingerprint density at radius 2 is 1.60 bits per heavy atom. The molecule has 1 fully saturated rings. The molecule has 3 atom stereocenters. The molecule has 3 unspecified atom stereocenters. The van der Waals surface area contributed by atoms with Gasteiger partial charge in [0.1, 0.15) is 0 Å². The van der Waals surface area contributed by atoms with Gasteiger partial charge >= 0.3 is 5.97 Å². The zero-order chi connectivity index (χ0) is 28.3. The summed E-state index contributed by atoms with van der Waals surface area (Å²) in [5.41, 5.74) is 7.88. The Morgan fingerprint density at radius 1 is 0.950 bits per heavy atom. The summed E-state index contributed by atoms with van der Waals surface area (Å²) in [6, 6.07) is 26.4. The summed E-state index contributed by atoms with van der Waals surface area (Å²) in [5.74, 6) is -0.0423. The monoisotopic (exact) mass is 540 g/mol. The third kappa shape index (κ3) is 8.16. The third-order valence-electron chi connectivity index (χ3n) is 8.04. The van der Waals surface area contributed by atoms with E-state index < -0.39 is 5.97 Å². The van der Waals surface area contributed by atoms with E-state index in [1.54, 1.807) is 6.92 Å². The second-order valence-corrected chi connectivity index (χ2v) is 11.1. The zero-order valence-corrected chi connectivity index (χ0v) is 24.1. The van der Waals surface area contributed by atoms with Crippen molar-refractivity contribution < 1.29 is 19.4 Å². The van der Waals surface area contributed by atoms with E-state index in [4.69, 9.17) is 9.47 Å². The molecule has 3 aromatic rings. The minimum atomic E-state index is -0.397. The van der Waals surface area contributed by atoms with Gasteiger partial charge in [0.25, 0.3) is 0 Å². The van der Waals surface area contributed by atoms with E-state index in [1.165, 1.54) is 41.5 Å². The van der Waals surface area contributed by atoms with Gasteiger partial charge in [-0.3, -0.25) is 0 Å². The molecule has 3 aromatic carbocycles. The van der Waals surface area contributed by atoms with E-state index in [2.05, 4.69) is 86.3 Å². The van der Waals surface area contributed by atoms with E-state index in [0.29, 0.717) is 24.5 Å². The number of aliphatic hydroxyl groups is 1. The van der Waals surface area contributed by atoms with Crippen LogP contribution in [0.25, 0.3) is 11.1 Å². The number of hydrogen-bond donors (Lipinski definition) is 1. The summed E-state index contributed by atoms with van der Waals surface area (Å²) in [5, 5.41) is 9.49. The van der Waals surface area contributed by atoms with Crippen LogP contribution in [-0.2, 0) is 20.7 Å². The standard InChI is InChI=1S/C36H44O4/c1-4-5-6-7-27-8-10-28(11-9-27)29-12-14-30(15-13-29)33-20-21-35(39-24-33)32-18-16-31(17-19-32)34(22-23-37)25-40-36(38)26(2)3/h8-19,33-35,37H,2,4-7,20-25H2,1,3H3. The van der Waals surface area contributed by atoms with Crippen molar-refractivity contribution in [1.29, 1.82) is 0 Å². The van der Waals surface area contributed by atoms with Crippen LogP contribution in [0.4, 0.5) is 0 Å². The number of carbonyl (C=O) groups excluding carboxylic acids is 1. The zero-order valence-electron chi connectivity index (χ0n) is 24.1. The molecular formula is C36H44O4. The summed E-state index contributed by atoms with van der Waals surface area (Å²) in [6.45, 7) is 8.49. The lowest BCUT2D eigenvalue weighted by molar-refractivity contribution is -0.139. The minimum absolute atomic E-state index is 0.0382. The number of hydrogen-bond acceptors (Lipinski definition) is 4. The van der Waals surface area contributed by atoms with Crippen LogP contribution in [0, 0.1) is 0 Å². The molecule has 0 spiro atoms. The number of carbonyl (C=O) groups is 1. The summed E-state index contributed by atoms with van der Waals surface area (Å²) in [4.78, 5) is 11.8. The first-order chi connectivity index (χ1) is 19.5. The van der Waals surface area contributed by atoms with Crippen molar-refractivity contribution in [2.45, 2.75) is 76.7 Å². The maximum absolute atomic E-state index is 11.8. The fraction of sp³-hybridized carbons (Fsp3) is 0.417. The SMILES string of the molecule is C=C(C)C(=O)OCC(CCO)c1ccc(C2CCC(c3ccc(-c4ccc(CCCCC)cc4)cc3)CO2)cc1. The van der Waals surface area contributed by atoms with Crippen molar-refractivity contribution in [3.05, 3.63) is 107 Å². The van der Waals surface area contributed by atoms with E-state index in [-0.39, 0.29) is 25.2 Å². The normalized spacial score (nSPS) is 17.8. The van der Waals surface area contributed by atoms with Crippen molar-refractivity contribution in [3.8, 4) is 11.1 Å². The van der Waals surface area contributed by atoms with Crippen LogP contribution in [0.2, 0.25) is 0 Å². The average Bonchev–Trinajstić information content (AvgIpc) is 3.00. The van der Waals surface area contributed by atoms with Gasteiger partial charge in [0.2, 0.25) is 0 Å². The van der Waals surface area contributed by atoms with Gasteiger partial charge in [0, 0.05) is 24.0 Å². The highest BCUT2D eigenvalue weighted by Crippen LogP contribution is 2.36. The van der Waals surface area contributed by atoms with E-state index in [1.807, 2.05) is 0 Å². The van der Waals surface area contributed by atoms with Crippen LogP contribution in [-0.4, -0.2) is 30.9 Å². The topological polar surface area (TPSA) is 55.8 Å². The lowest BCUT2D eigenvalue weighted by atomic mass is 9.88. The lowest BCUT2D eigenvalue weighted by Gasteiger charge is -2.30. The molecule has 0 saturated carbocycles. The molecule has 4 nitrogen and oxygen atoms in total. The van der Waals surface area contributed by atoms with Gasteiger partial charge in [-0.15, -0.1) is 0 Å². The molecule has 0 aromatic heterocycles. The van der Waals surface area contributed by atoms with E-state index >= 15 is 0 Å². The summed E-state index contributed by atoms with van der Waals surface area (Å²) >= 11 is 0. The predicted molar refractivity (Wildman–Crippen MR) is 162 cm³/mol. The highest BCUT2D eigenvalue weighted by atomic mass is 16.5. The van der Waals surface area contributed by atoms with Crippen LogP contribution in [0.3, 0.4) is 0 Å². The van der Waals surface area contributed by atoms with Crippen molar-refractivity contribution in [1.82, 2.24) is 0 Å². The maximum atomic E-state index is 11.8. The Kier molecular flexibility index (Phi) is 11.1. The largest absolute Gasteiger partial charge is 0.462 e.